The van der Waals surface area contributed by atoms with Crippen molar-refractivity contribution in [2.45, 2.75) is 98.2 Å². The molecule has 0 aliphatic carbocycles. The third kappa shape index (κ3) is 13.7. The van der Waals surface area contributed by atoms with Crippen LogP contribution in [0.4, 0.5) is 0 Å². The Morgan fingerprint density at radius 1 is 0.862 bits per heavy atom. The molecule has 3 atom stereocenters. The Balaban J connectivity index is 0. The molecule has 0 aliphatic rings. The van der Waals surface area contributed by atoms with Crippen molar-refractivity contribution in [2.24, 2.45) is 11.8 Å². The zero-order valence-corrected chi connectivity index (χ0v) is 18.6. The van der Waals surface area contributed by atoms with Crippen molar-refractivity contribution in [2.75, 3.05) is 13.2 Å². The summed E-state index contributed by atoms with van der Waals surface area (Å²) in [5.41, 5.74) is 0. The molecule has 8 heteroatoms. The quantitative estimate of drug-likeness (QED) is 0.273. The van der Waals surface area contributed by atoms with Gasteiger partial charge in [-0.2, -0.15) is 8.42 Å². The maximum absolute atomic E-state index is 12.2. The molecule has 174 valence electrons. The fraction of sp³-hybridized carbons (Fsp3) is 0.905. The molecule has 0 saturated heterocycles. The summed E-state index contributed by atoms with van der Waals surface area (Å²) in [7, 11) is -4.76. The molecule has 0 fully saturated rings. The van der Waals surface area contributed by atoms with E-state index in [1.807, 2.05) is 13.8 Å². The molecule has 0 heterocycles. The van der Waals surface area contributed by atoms with Gasteiger partial charge in [-0.3, -0.25) is 14.1 Å². The highest BCUT2D eigenvalue weighted by molar-refractivity contribution is 7.87. The first kappa shape index (κ1) is 30.0. The van der Waals surface area contributed by atoms with Gasteiger partial charge in [0.25, 0.3) is 10.1 Å². The van der Waals surface area contributed by atoms with Gasteiger partial charge in [0.15, 0.2) is 5.25 Å². The van der Waals surface area contributed by atoms with E-state index in [0.29, 0.717) is 0 Å². The standard InChI is InChI=1S/C20H38O7S.CH4/c1-5-9-11-16(7-3)14-26-19(21)13-18(28(23,24)25)20(22)27-15-17(8-4)12-10-6-2;/h16-18H,5-15H2,1-4H3,(H,23,24,25);1H4. The lowest BCUT2D eigenvalue weighted by molar-refractivity contribution is -0.151. The average molecular weight is 439 g/mol. The Morgan fingerprint density at radius 3 is 1.69 bits per heavy atom. The lowest BCUT2D eigenvalue weighted by atomic mass is 10.0. The summed E-state index contributed by atoms with van der Waals surface area (Å²) in [5.74, 6) is -1.61. The second-order valence-corrected chi connectivity index (χ2v) is 8.95. The van der Waals surface area contributed by atoms with E-state index in [4.69, 9.17) is 9.47 Å². The summed E-state index contributed by atoms with van der Waals surface area (Å²) in [4.78, 5) is 24.2. The number of carbonyl (C=O) groups excluding carboxylic acids is 2. The molecule has 1 N–H and O–H groups in total. The summed E-state index contributed by atoms with van der Waals surface area (Å²) < 4.78 is 42.8. The lowest BCUT2D eigenvalue weighted by Crippen LogP contribution is -2.35. The van der Waals surface area contributed by atoms with Gasteiger partial charge in [-0.05, 0) is 24.7 Å². The van der Waals surface area contributed by atoms with Gasteiger partial charge < -0.3 is 9.47 Å². The van der Waals surface area contributed by atoms with Gasteiger partial charge in [-0.15, -0.1) is 0 Å². The molecule has 0 rings (SSSR count). The number of hydrogen-bond donors (Lipinski definition) is 1. The molecule has 29 heavy (non-hydrogen) atoms. The Labute approximate surface area is 177 Å². The molecule has 0 saturated carbocycles. The molecule has 0 spiro atoms. The van der Waals surface area contributed by atoms with Crippen LogP contribution in [0.1, 0.15) is 92.9 Å². The van der Waals surface area contributed by atoms with Crippen LogP contribution in [0, 0.1) is 11.8 Å². The van der Waals surface area contributed by atoms with Crippen LogP contribution >= 0.6 is 0 Å². The zero-order valence-electron chi connectivity index (χ0n) is 17.8. The number of unbranched alkanes of at least 4 members (excludes halogenated alkanes) is 2. The minimum atomic E-state index is -4.76. The molecule has 0 aliphatic heterocycles. The molecule has 0 aromatic rings. The summed E-state index contributed by atoms with van der Waals surface area (Å²) in [6, 6.07) is 0. The first-order valence-electron chi connectivity index (χ1n) is 10.5. The highest BCUT2D eigenvalue weighted by atomic mass is 32.2. The number of esters is 2. The molecule has 0 bridgehead atoms. The van der Waals surface area contributed by atoms with E-state index >= 15 is 0 Å². The van der Waals surface area contributed by atoms with Gasteiger partial charge in [0, 0.05) is 0 Å². The van der Waals surface area contributed by atoms with E-state index in [9.17, 15) is 22.6 Å². The molecular weight excluding hydrogens is 396 g/mol. The van der Waals surface area contributed by atoms with Crippen LogP contribution < -0.4 is 0 Å². The van der Waals surface area contributed by atoms with Crippen molar-refractivity contribution in [3.63, 3.8) is 0 Å². The second-order valence-electron chi connectivity index (χ2n) is 7.35. The molecular formula is C21H42O7S. The van der Waals surface area contributed by atoms with E-state index in [2.05, 4.69) is 13.8 Å². The van der Waals surface area contributed by atoms with Gasteiger partial charge in [0.1, 0.15) is 0 Å². The van der Waals surface area contributed by atoms with Crippen molar-refractivity contribution < 1.29 is 32.0 Å². The Kier molecular flexibility index (Phi) is 17.2. The largest absolute Gasteiger partial charge is 0.465 e. The highest BCUT2D eigenvalue weighted by Gasteiger charge is 2.36. The van der Waals surface area contributed by atoms with Gasteiger partial charge in [0.05, 0.1) is 19.6 Å². The van der Waals surface area contributed by atoms with Crippen molar-refractivity contribution in [1.29, 1.82) is 0 Å². The smallest absolute Gasteiger partial charge is 0.327 e. The normalized spacial score (nSPS) is 14.4. The van der Waals surface area contributed by atoms with Crippen LogP contribution in [0.5, 0.6) is 0 Å². The SMILES string of the molecule is C.CCCCC(CC)COC(=O)CC(C(=O)OCC(CC)CCCC)S(=O)(=O)O. The summed E-state index contributed by atoms with van der Waals surface area (Å²) >= 11 is 0. The predicted octanol–water partition coefficient (Wildman–Crippen LogP) is 4.79. The maximum Gasteiger partial charge on any atom is 0.327 e. The molecule has 0 amide bonds. The number of hydrogen-bond acceptors (Lipinski definition) is 6. The Bertz CT molecular complexity index is 545. The minimum absolute atomic E-state index is 0. The van der Waals surface area contributed by atoms with Crippen molar-refractivity contribution in [3.8, 4) is 0 Å². The van der Waals surface area contributed by atoms with Crippen LogP contribution in [0.3, 0.4) is 0 Å². The van der Waals surface area contributed by atoms with Crippen molar-refractivity contribution in [1.82, 2.24) is 0 Å². The predicted molar refractivity (Wildman–Crippen MR) is 115 cm³/mol. The molecule has 3 unspecified atom stereocenters. The average Bonchev–Trinajstić information content (AvgIpc) is 2.65. The Morgan fingerprint density at radius 2 is 1.31 bits per heavy atom. The van der Waals surface area contributed by atoms with Gasteiger partial charge in [-0.25, -0.2) is 0 Å². The monoisotopic (exact) mass is 438 g/mol. The van der Waals surface area contributed by atoms with Crippen molar-refractivity contribution in [3.05, 3.63) is 0 Å². The summed E-state index contributed by atoms with van der Waals surface area (Å²) in [5, 5.41) is -1.95. The topological polar surface area (TPSA) is 107 Å². The Hall–Kier alpha value is -1.15. The zero-order chi connectivity index (χ0) is 21.6. The van der Waals surface area contributed by atoms with Gasteiger partial charge in [-0.1, -0.05) is 73.6 Å². The minimum Gasteiger partial charge on any atom is -0.465 e. The van der Waals surface area contributed by atoms with E-state index in [1.165, 1.54) is 0 Å². The number of carbonyl (C=O) groups is 2. The third-order valence-corrected chi connectivity index (χ3v) is 6.08. The summed E-state index contributed by atoms with van der Waals surface area (Å²) in [6.45, 7) is 8.35. The first-order chi connectivity index (χ1) is 13.2. The maximum atomic E-state index is 12.2. The second kappa shape index (κ2) is 16.6. The first-order valence-corrected chi connectivity index (χ1v) is 12.0. The van der Waals surface area contributed by atoms with E-state index in [1.54, 1.807) is 0 Å². The molecule has 7 nitrogen and oxygen atoms in total. The van der Waals surface area contributed by atoms with Crippen LogP contribution in [-0.2, 0) is 29.2 Å². The molecule has 0 aromatic carbocycles. The van der Waals surface area contributed by atoms with Crippen LogP contribution in [-0.4, -0.2) is 43.4 Å². The van der Waals surface area contributed by atoms with E-state index in [0.717, 1.165) is 51.4 Å². The van der Waals surface area contributed by atoms with Gasteiger partial charge >= 0.3 is 11.9 Å². The number of rotatable bonds is 16. The van der Waals surface area contributed by atoms with Crippen LogP contribution in [0.25, 0.3) is 0 Å². The van der Waals surface area contributed by atoms with E-state index in [-0.39, 0.29) is 32.5 Å². The molecule has 0 aromatic heterocycles. The fourth-order valence-electron chi connectivity index (χ4n) is 2.82. The third-order valence-electron chi connectivity index (χ3n) is 5.00. The molecule has 0 radical (unpaired) electrons. The summed E-state index contributed by atoms with van der Waals surface area (Å²) in [6.07, 6.45) is 6.74. The van der Waals surface area contributed by atoms with E-state index < -0.39 is 33.7 Å². The van der Waals surface area contributed by atoms with Gasteiger partial charge in [0.2, 0.25) is 0 Å². The fourth-order valence-corrected chi connectivity index (χ4v) is 3.48. The van der Waals surface area contributed by atoms with Crippen molar-refractivity contribution >= 4 is 22.1 Å². The lowest BCUT2D eigenvalue weighted by Gasteiger charge is -2.18. The number of ether oxygens (including phenoxy) is 2. The van der Waals surface area contributed by atoms with Crippen LogP contribution in [0.2, 0.25) is 0 Å². The highest BCUT2D eigenvalue weighted by Crippen LogP contribution is 2.17. The van der Waals surface area contributed by atoms with Crippen LogP contribution in [0.15, 0.2) is 0 Å².